The summed E-state index contributed by atoms with van der Waals surface area (Å²) < 4.78 is 0. The van der Waals surface area contributed by atoms with E-state index in [0.29, 0.717) is 4.83 Å². The molecule has 1 aromatic rings. The molecule has 1 unspecified atom stereocenters. The van der Waals surface area contributed by atoms with E-state index in [-0.39, 0.29) is 0 Å². The van der Waals surface area contributed by atoms with Gasteiger partial charge in [0.05, 0.1) is 0 Å². The molecule has 0 aromatic carbocycles. The van der Waals surface area contributed by atoms with Gasteiger partial charge in [0.25, 0.3) is 0 Å². The Balaban J connectivity index is 1.86. The third-order valence-corrected chi connectivity index (χ3v) is 4.77. The molecule has 0 bridgehead atoms. The van der Waals surface area contributed by atoms with E-state index in [1.54, 1.807) is 0 Å². The predicted molar refractivity (Wildman–Crippen MR) is 71.8 cm³/mol. The van der Waals surface area contributed by atoms with E-state index in [0.717, 1.165) is 18.3 Å². The van der Waals surface area contributed by atoms with Gasteiger partial charge in [0.15, 0.2) is 0 Å². The fraction of sp³-hybridized carbons (Fsp3) is 0.643. The highest BCUT2D eigenvalue weighted by Crippen LogP contribution is 2.34. The first-order valence-electron chi connectivity index (χ1n) is 6.29. The van der Waals surface area contributed by atoms with Crippen LogP contribution in [0.2, 0.25) is 0 Å². The van der Waals surface area contributed by atoms with Crippen molar-refractivity contribution in [2.75, 3.05) is 0 Å². The number of pyridine rings is 1. The Morgan fingerprint density at radius 3 is 2.69 bits per heavy atom. The van der Waals surface area contributed by atoms with Crippen LogP contribution in [0, 0.1) is 11.8 Å². The van der Waals surface area contributed by atoms with E-state index in [2.05, 4.69) is 40.0 Å². The van der Waals surface area contributed by atoms with Crippen molar-refractivity contribution in [1.82, 2.24) is 4.98 Å². The molecule has 0 saturated heterocycles. The van der Waals surface area contributed by atoms with Crippen LogP contribution in [0.1, 0.15) is 38.3 Å². The quantitative estimate of drug-likeness (QED) is 0.757. The van der Waals surface area contributed by atoms with E-state index < -0.39 is 0 Å². The van der Waals surface area contributed by atoms with Crippen molar-refractivity contribution in [2.24, 2.45) is 11.8 Å². The molecule has 0 radical (unpaired) electrons. The molecular weight excluding hydrogens is 262 g/mol. The molecule has 1 saturated carbocycles. The summed E-state index contributed by atoms with van der Waals surface area (Å²) in [5.74, 6) is 1.78. The zero-order valence-electron chi connectivity index (χ0n) is 9.90. The van der Waals surface area contributed by atoms with Gasteiger partial charge in [-0.25, -0.2) is 0 Å². The highest BCUT2D eigenvalue weighted by molar-refractivity contribution is 9.09. The number of nitrogens with zero attached hydrogens (tertiary/aromatic N) is 1. The Hall–Kier alpha value is -0.370. The summed E-state index contributed by atoms with van der Waals surface area (Å²) in [5, 5.41) is 0. The van der Waals surface area contributed by atoms with Crippen LogP contribution in [0.4, 0.5) is 0 Å². The van der Waals surface area contributed by atoms with E-state index in [9.17, 15) is 0 Å². The number of alkyl halides is 1. The van der Waals surface area contributed by atoms with Gasteiger partial charge in [-0.1, -0.05) is 41.8 Å². The molecule has 2 heteroatoms. The fourth-order valence-electron chi connectivity index (χ4n) is 2.53. The van der Waals surface area contributed by atoms with Gasteiger partial charge in [0, 0.05) is 23.1 Å². The molecule has 1 atom stereocenters. The minimum absolute atomic E-state index is 0.606. The molecule has 1 aliphatic carbocycles. The monoisotopic (exact) mass is 281 g/mol. The van der Waals surface area contributed by atoms with Gasteiger partial charge in [-0.05, 0) is 36.8 Å². The Morgan fingerprint density at radius 2 is 2.06 bits per heavy atom. The summed E-state index contributed by atoms with van der Waals surface area (Å²) in [7, 11) is 0. The first kappa shape index (κ1) is 12.1. The van der Waals surface area contributed by atoms with Crippen molar-refractivity contribution in [2.45, 2.75) is 43.9 Å². The third-order valence-electron chi connectivity index (χ3n) is 3.70. The number of hydrogen-bond donors (Lipinski definition) is 0. The van der Waals surface area contributed by atoms with Gasteiger partial charge in [-0.15, -0.1) is 0 Å². The van der Waals surface area contributed by atoms with Gasteiger partial charge in [-0.3, -0.25) is 4.98 Å². The van der Waals surface area contributed by atoms with E-state index >= 15 is 0 Å². The summed E-state index contributed by atoms with van der Waals surface area (Å²) in [6.07, 6.45) is 8.51. The van der Waals surface area contributed by atoms with Crippen LogP contribution in [0.15, 0.2) is 24.4 Å². The van der Waals surface area contributed by atoms with Crippen molar-refractivity contribution < 1.29 is 0 Å². The molecule has 1 fully saturated rings. The van der Waals surface area contributed by atoms with Gasteiger partial charge in [0.1, 0.15) is 0 Å². The number of halogens is 1. The molecule has 1 nitrogen and oxygen atoms in total. The molecule has 2 rings (SSSR count). The molecule has 0 N–H and O–H groups in total. The van der Waals surface area contributed by atoms with Crippen LogP contribution in [0.5, 0.6) is 0 Å². The third kappa shape index (κ3) is 3.31. The van der Waals surface area contributed by atoms with Crippen LogP contribution in [0.3, 0.4) is 0 Å². The van der Waals surface area contributed by atoms with Crippen LogP contribution in [-0.2, 0) is 6.42 Å². The first-order valence-corrected chi connectivity index (χ1v) is 7.21. The number of rotatable bonds is 3. The molecule has 0 spiro atoms. The SMILES string of the molecule is CC1CCC(C(Br)Cc2ccccn2)CC1. The van der Waals surface area contributed by atoms with Crippen molar-refractivity contribution in [3.05, 3.63) is 30.1 Å². The van der Waals surface area contributed by atoms with E-state index in [1.165, 1.54) is 31.4 Å². The summed E-state index contributed by atoms with van der Waals surface area (Å²) >= 11 is 3.86. The molecule has 16 heavy (non-hydrogen) atoms. The largest absolute Gasteiger partial charge is 0.261 e. The van der Waals surface area contributed by atoms with Crippen molar-refractivity contribution in [3.63, 3.8) is 0 Å². The molecule has 88 valence electrons. The van der Waals surface area contributed by atoms with Gasteiger partial charge < -0.3 is 0 Å². The van der Waals surface area contributed by atoms with E-state index in [4.69, 9.17) is 0 Å². The summed E-state index contributed by atoms with van der Waals surface area (Å²) in [6.45, 7) is 2.37. The highest BCUT2D eigenvalue weighted by Gasteiger charge is 2.24. The Bertz CT molecular complexity index is 304. The minimum atomic E-state index is 0.606. The second-order valence-electron chi connectivity index (χ2n) is 5.06. The average Bonchev–Trinajstić information content (AvgIpc) is 2.31. The lowest BCUT2D eigenvalue weighted by Crippen LogP contribution is -2.22. The molecular formula is C14H20BrN. The van der Waals surface area contributed by atoms with Crippen LogP contribution in [0.25, 0.3) is 0 Å². The lowest BCUT2D eigenvalue weighted by atomic mass is 9.80. The van der Waals surface area contributed by atoms with Crippen molar-refractivity contribution in [3.8, 4) is 0 Å². The average molecular weight is 282 g/mol. The maximum atomic E-state index is 4.40. The van der Waals surface area contributed by atoms with Gasteiger partial charge >= 0.3 is 0 Å². The summed E-state index contributed by atoms with van der Waals surface area (Å²) in [6, 6.07) is 6.18. The lowest BCUT2D eigenvalue weighted by Gasteiger charge is -2.29. The van der Waals surface area contributed by atoms with Crippen LogP contribution >= 0.6 is 15.9 Å². The standard InChI is InChI=1S/C14H20BrN/c1-11-5-7-12(8-6-11)14(15)10-13-4-2-3-9-16-13/h2-4,9,11-12,14H,5-8,10H2,1H3. The molecule has 1 heterocycles. The van der Waals surface area contributed by atoms with E-state index in [1.807, 2.05) is 12.3 Å². The number of aromatic nitrogens is 1. The molecule has 0 amide bonds. The van der Waals surface area contributed by atoms with Crippen LogP contribution in [-0.4, -0.2) is 9.81 Å². The van der Waals surface area contributed by atoms with Gasteiger partial charge in [0.2, 0.25) is 0 Å². The zero-order chi connectivity index (χ0) is 11.4. The minimum Gasteiger partial charge on any atom is -0.261 e. The normalized spacial score (nSPS) is 27.6. The smallest absolute Gasteiger partial charge is 0.0414 e. The summed E-state index contributed by atoms with van der Waals surface area (Å²) in [4.78, 5) is 5.00. The Kier molecular flexibility index (Phi) is 4.39. The topological polar surface area (TPSA) is 12.9 Å². The number of hydrogen-bond acceptors (Lipinski definition) is 1. The molecule has 1 aliphatic rings. The Labute approximate surface area is 107 Å². The maximum absolute atomic E-state index is 4.40. The maximum Gasteiger partial charge on any atom is 0.0414 e. The Morgan fingerprint density at radius 1 is 1.31 bits per heavy atom. The lowest BCUT2D eigenvalue weighted by molar-refractivity contribution is 0.285. The van der Waals surface area contributed by atoms with Crippen molar-refractivity contribution in [1.29, 1.82) is 0 Å². The summed E-state index contributed by atoms with van der Waals surface area (Å²) in [5.41, 5.74) is 1.21. The second-order valence-corrected chi connectivity index (χ2v) is 6.24. The first-order chi connectivity index (χ1) is 7.75. The highest BCUT2D eigenvalue weighted by atomic mass is 79.9. The van der Waals surface area contributed by atoms with Crippen molar-refractivity contribution >= 4 is 15.9 Å². The predicted octanol–water partition coefficient (Wildman–Crippen LogP) is 4.21. The van der Waals surface area contributed by atoms with Crippen LogP contribution < -0.4 is 0 Å². The molecule has 1 aromatic heterocycles. The second kappa shape index (κ2) is 5.81. The zero-order valence-corrected chi connectivity index (χ0v) is 11.5. The van der Waals surface area contributed by atoms with Gasteiger partial charge in [-0.2, -0.15) is 0 Å². The fourth-order valence-corrected chi connectivity index (χ4v) is 3.39. The molecule has 0 aliphatic heterocycles.